The van der Waals surface area contributed by atoms with Crippen LogP contribution in [0.15, 0.2) is 98.1 Å². The molecule has 2 saturated carbocycles. The number of nitrogens with zero attached hydrogens (tertiary/aromatic N) is 12. The number of halogens is 1. The van der Waals surface area contributed by atoms with Gasteiger partial charge in [0.25, 0.3) is 0 Å². The molecular weight excluding hydrogens is 784 g/mol. The van der Waals surface area contributed by atoms with Gasteiger partial charge >= 0.3 is 0 Å². The van der Waals surface area contributed by atoms with Gasteiger partial charge in [-0.3, -0.25) is 9.36 Å². The zero-order chi connectivity index (χ0) is 41.7. The lowest BCUT2D eigenvalue weighted by Crippen LogP contribution is -2.22. The smallest absolute Gasteiger partial charge is 0.141 e. The minimum Gasteiger partial charge on any atom is -0.372 e. The van der Waals surface area contributed by atoms with E-state index in [1.165, 1.54) is 25.7 Å². The Morgan fingerprint density at radius 2 is 1.46 bits per heavy atom. The second kappa shape index (κ2) is 15.4. The maximum atomic E-state index is 9.75. The number of nitriles is 2. The zero-order valence-corrected chi connectivity index (χ0v) is 34.8. The molecule has 304 valence electrons. The van der Waals surface area contributed by atoms with E-state index in [1.54, 1.807) is 24.5 Å². The first kappa shape index (κ1) is 38.5. The first-order valence-electron chi connectivity index (χ1n) is 20.7. The Kier molecular flexibility index (Phi) is 9.74. The molecule has 0 radical (unpaired) electrons. The Labute approximate surface area is 357 Å². The van der Waals surface area contributed by atoms with Crippen LogP contribution in [0, 0.1) is 33.5 Å². The minimum absolute atomic E-state index is 0.0590. The molecular formula is C47H43ClN12O. The molecule has 0 spiro atoms. The summed E-state index contributed by atoms with van der Waals surface area (Å²) in [5.74, 6) is 0. The number of aromatic nitrogens is 10. The van der Waals surface area contributed by atoms with E-state index in [0.29, 0.717) is 35.4 Å². The first-order chi connectivity index (χ1) is 29.6. The van der Waals surface area contributed by atoms with Crippen LogP contribution in [-0.4, -0.2) is 54.4 Å². The van der Waals surface area contributed by atoms with Gasteiger partial charge in [0.15, 0.2) is 0 Å². The van der Waals surface area contributed by atoms with Crippen molar-refractivity contribution in [2.24, 2.45) is 10.8 Å². The fourth-order valence-electron chi connectivity index (χ4n) is 9.38. The van der Waals surface area contributed by atoms with Gasteiger partial charge in [-0.15, -0.1) is 0 Å². The van der Waals surface area contributed by atoms with Gasteiger partial charge in [-0.1, -0.05) is 38.3 Å². The summed E-state index contributed by atoms with van der Waals surface area (Å²) in [6.45, 7) is 6.52. The van der Waals surface area contributed by atoms with E-state index in [0.717, 1.165) is 81.9 Å². The van der Waals surface area contributed by atoms with Crippen LogP contribution in [0.1, 0.15) is 75.9 Å². The molecule has 2 fully saturated rings. The maximum Gasteiger partial charge on any atom is 0.141 e. The molecule has 8 heterocycles. The van der Waals surface area contributed by atoms with Gasteiger partial charge in [0.05, 0.1) is 42.2 Å². The molecule has 0 bridgehead atoms. The molecule has 0 amide bonds. The average Bonchev–Trinajstić information content (AvgIpc) is 4.15. The van der Waals surface area contributed by atoms with Crippen LogP contribution in [-0.2, 0) is 24.4 Å². The van der Waals surface area contributed by atoms with Crippen LogP contribution in [0.2, 0.25) is 5.15 Å². The topological polar surface area (TPSA) is 153 Å². The lowest BCUT2D eigenvalue weighted by atomic mass is 9.89. The van der Waals surface area contributed by atoms with Crippen molar-refractivity contribution in [1.29, 1.82) is 10.5 Å². The Morgan fingerprint density at radius 3 is 2.23 bits per heavy atom. The fourth-order valence-corrected chi connectivity index (χ4v) is 9.64. The van der Waals surface area contributed by atoms with Crippen molar-refractivity contribution in [2.45, 2.75) is 84.6 Å². The molecule has 8 aromatic heterocycles. The van der Waals surface area contributed by atoms with E-state index in [2.05, 4.69) is 46.8 Å². The van der Waals surface area contributed by atoms with E-state index >= 15 is 0 Å². The summed E-state index contributed by atoms with van der Waals surface area (Å²) in [6, 6.07) is 19.7. The lowest BCUT2D eigenvalue weighted by molar-refractivity contribution is 0.0346. The Hall–Kier alpha value is -6.67. The number of hydrogen-bond donors (Lipinski definition) is 0. The number of imidazole rings is 2. The summed E-state index contributed by atoms with van der Waals surface area (Å²) in [6.07, 6.45) is 23.1. The summed E-state index contributed by atoms with van der Waals surface area (Å²) < 4.78 is 14.4. The summed E-state index contributed by atoms with van der Waals surface area (Å²) >= 11 is 7.09. The quantitative estimate of drug-likeness (QED) is 0.124. The van der Waals surface area contributed by atoms with Gasteiger partial charge in [-0.25, -0.2) is 19.9 Å². The predicted octanol–water partition coefficient (Wildman–Crippen LogP) is 9.59. The normalized spacial score (nSPS) is 18.5. The number of hydrogen-bond acceptors (Lipinski definition) is 9. The Balaban J connectivity index is 0.823. The highest BCUT2D eigenvalue weighted by Crippen LogP contribution is 2.43. The molecule has 14 heteroatoms. The molecule has 10 rings (SSSR count). The monoisotopic (exact) mass is 826 g/mol. The standard InChI is InChI=1S/C47H43ClN12O/c1-46(12-3-4-13-46)29-59-26-33(24-52-59)38-7-5-34(22-49)55-43(38)32-11-17-58-27-36(54-42(58)20-32)28-61-37-9-14-47(2,21-37)30-60-45(48)40(25-53-60)39-8-6-35(23-50)56-44(39)31-10-16-57-18-15-51-41(57)19-31/h5-8,10-11,15-20,24-27,37H,3-4,9,12-14,21,28-30H2,1-2H3. The van der Waals surface area contributed by atoms with Crippen molar-refractivity contribution in [1.82, 2.24) is 48.3 Å². The van der Waals surface area contributed by atoms with Crippen molar-refractivity contribution in [3.8, 4) is 56.9 Å². The second-order valence-corrected chi connectivity index (χ2v) is 17.7. The summed E-state index contributed by atoms with van der Waals surface area (Å²) in [5, 5.41) is 29.4. The van der Waals surface area contributed by atoms with Crippen LogP contribution >= 0.6 is 11.6 Å². The first-order valence-corrected chi connectivity index (χ1v) is 21.1. The van der Waals surface area contributed by atoms with E-state index in [1.807, 2.05) is 80.9 Å². The summed E-state index contributed by atoms with van der Waals surface area (Å²) in [5.41, 5.74) is 9.81. The molecule has 2 aliphatic carbocycles. The van der Waals surface area contributed by atoms with Gasteiger partial charge in [0.1, 0.15) is 40.0 Å². The molecule has 2 aliphatic rings. The average molecular weight is 827 g/mol. The highest BCUT2D eigenvalue weighted by molar-refractivity contribution is 6.32. The molecule has 8 aromatic rings. The van der Waals surface area contributed by atoms with Crippen LogP contribution < -0.4 is 0 Å². The third kappa shape index (κ3) is 7.56. The van der Waals surface area contributed by atoms with E-state index in [9.17, 15) is 10.5 Å². The highest BCUT2D eigenvalue weighted by Gasteiger charge is 2.37. The van der Waals surface area contributed by atoms with Crippen LogP contribution in [0.5, 0.6) is 0 Å². The van der Waals surface area contributed by atoms with Crippen molar-refractivity contribution in [2.75, 3.05) is 0 Å². The van der Waals surface area contributed by atoms with E-state index in [-0.39, 0.29) is 16.9 Å². The molecule has 0 aliphatic heterocycles. The molecule has 13 nitrogen and oxygen atoms in total. The fraction of sp³-hybridized carbons (Fsp3) is 0.319. The molecule has 0 aromatic carbocycles. The Bertz CT molecular complexity index is 3030. The summed E-state index contributed by atoms with van der Waals surface area (Å²) in [7, 11) is 0. The SMILES string of the molecule is CC1(Cn2cc(-c3ccc(C#N)nc3-c3ccn4cc(COC5CCC(C)(Cn6ncc(-c7ccc(C#N)nc7-c7ccn8ccnc8c7)c6Cl)C5)nc4c3)cn2)CCCC1. The summed E-state index contributed by atoms with van der Waals surface area (Å²) in [4.78, 5) is 18.8. The largest absolute Gasteiger partial charge is 0.372 e. The molecule has 2 atom stereocenters. The molecule has 0 saturated heterocycles. The third-order valence-electron chi connectivity index (χ3n) is 12.6. The second-order valence-electron chi connectivity index (χ2n) is 17.4. The van der Waals surface area contributed by atoms with Crippen molar-refractivity contribution < 1.29 is 4.74 Å². The zero-order valence-electron chi connectivity index (χ0n) is 34.0. The van der Waals surface area contributed by atoms with Crippen molar-refractivity contribution >= 4 is 22.9 Å². The van der Waals surface area contributed by atoms with Crippen LogP contribution in [0.3, 0.4) is 0 Å². The van der Waals surface area contributed by atoms with Gasteiger partial charge in [0.2, 0.25) is 0 Å². The van der Waals surface area contributed by atoms with Gasteiger partial charge in [0, 0.05) is 83.7 Å². The van der Waals surface area contributed by atoms with E-state index in [4.69, 9.17) is 36.5 Å². The molecule has 0 N–H and O–H groups in total. The van der Waals surface area contributed by atoms with Gasteiger partial charge in [-0.2, -0.15) is 20.7 Å². The Morgan fingerprint density at radius 1 is 0.738 bits per heavy atom. The third-order valence-corrected chi connectivity index (χ3v) is 13.0. The lowest BCUT2D eigenvalue weighted by Gasteiger charge is -2.24. The van der Waals surface area contributed by atoms with Crippen LogP contribution in [0.4, 0.5) is 0 Å². The van der Waals surface area contributed by atoms with E-state index < -0.39 is 0 Å². The van der Waals surface area contributed by atoms with Crippen LogP contribution in [0.25, 0.3) is 56.1 Å². The number of fused-ring (bicyclic) bond motifs is 2. The number of pyridine rings is 4. The highest BCUT2D eigenvalue weighted by atomic mass is 35.5. The molecule has 61 heavy (non-hydrogen) atoms. The number of rotatable bonds is 11. The minimum atomic E-state index is -0.0868. The maximum absolute atomic E-state index is 9.75. The predicted molar refractivity (Wildman–Crippen MR) is 231 cm³/mol. The van der Waals surface area contributed by atoms with Crippen molar-refractivity contribution in [3.05, 3.63) is 120 Å². The van der Waals surface area contributed by atoms with Gasteiger partial charge < -0.3 is 13.5 Å². The molecule has 2 unspecified atom stereocenters. The van der Waals surface area contributed by atoms with Gasteiger partial charge in [-0.05, 0) is 91.5 Å². The van der Waals surface area contributed by atoms with Crippen molar-refractivity contribution in [3.63, 3.8) is 0 Å². The number of ether oxygens (including phenoxy) is 1.